The molecule has 21 heavy (non-hydrogen) atoms. The molecule has 0 radical (unpaired) electrons. The molecule has 0 aromatic carbocycles. The fourth-order valence-electron chi connectivity index (χ4n) is 3.27. The van der Waals surface area contributed by atoms with E-state index in [0.29, 0.717) is 23.5 Å². The molecule has 1 fully saturated rings. The van der Waals surface area contributed by atoms with Crippen LogP contribution in [0.5, 0.6) is 0 Å². The molecule has 0 amide bonds. The Morgan fingerprint density at radius 2 is 2.19 bits per heavy atom. The minimum absolute atomic E-state index is 0.143. The van der Waals surface area contributed by atoms with Gasteiger partial charge >= 0.3 is 0 Å². The summed E-state index contributed by atoms with van der Waals surface area (Å²) in [5.74, 6) is 1.28. The molecule has 1 aromatic rings. The summed E-state index contributed by atoms with van der Waals surface area (Å²) in [6.45, 7) is 5.32. The van der Waals surface area contributed by atoms with E-state index in [-0.39, 0.29) is 5.92 Å². The van der Waals surface area contributed by atoms with Crippen molar-refractivity contribution in [2.24, 2.45) is 0 Å². The molecule has 2 atom stereocenters. The van der Waals surface area contributed by atoms with E-state index < -0.39 is 9.84 Å². The number of thiazole rings is 1. The van der Waals surface area contributed by atoms with Crippen LogP contribution < -0.4 is 5.32 Å². The minimum atomic E-state index is -2.83. The van der Waals surface area contributed by atoms with Crippen LogP contribution in [0.4, 0.5) is 0 Å². The molecule has 1 N–H and O–H groups in total. The molecule has 0 saturated carbocycles. The summed E-state index contributed by atoms with van der Waals surface area (Å²) >= 11 is 1.77. The largest absolute Gasteiger partial charge is 0.314 e. The first-order valence-corrected chi connectivity index (χ1v) is 10.5. The summed E-state index contributed by atoms with van der Waals surface area (Å²) < 4.78 is 23.3. The molecule has 0 bridgehead atoms. The van der Waals surface area contributed by atoms with Gasteiger partial charge in [-0.05, 0) is 25.7 Å². The van der Waals surface area contributed by atoms with E-state index in [1.807, 2.05) is 0 Å². The van der Waals surface area contributed by atoms with Crippen LogP contribution in [0.15, 0.2) is 0 Å². The van der Waals surface area contributed by atoms with Gasteiger partial charge in [0.25, 0.3) is 0 Å². The number of nitrogens with one attached hydrogen (secondary N) is 1. The Balaban J connectivity index is 1.78. The van der Waals surface area contributed by atoms with Gasteiger partial charge in [0.2, 0.25) is 0 Å². The van der Waals surface area contributed by atoms with Crippen molar-refractivity contribution in [2.45, 2.75) is 57.4 Å². The third-order valence-electron chi connectivity index (χ3n) is 4.44. The SMILES string of the molecule is CC(C)NCC1CCCc2sc(C3CCS(=O)(=O)C3)nc21. The van der Waals surface area contributed by atoms with Crippen molar-refractivity contribution >= 4 is 21.2 Å². The van der Waals surface area contributed by atoms with E-state index in [1.165, 1.54) is 23.4 Å². The molecule has 118 valence electrons. The molecule has 1 aliphatic heterocycles. The van der Waals surface area contributed by atoms with Crippen molar-refractivity contribution < 1.29 is 8.42 Å². The average Bonchev–Trinajstić information content (AvgIpc) is 2.99. The van der Waals surface area contributed by atoms with Gasteiger partial charge in [0, 0.05) is 29.3 Å². The highest BCUT2D eigenvalue weighted by Gasteiger charge is 2.33. The lowest BCUT2D eigenvalue weighted by molar-refractivity contribution is 0.474. The highest BCUT2D eigenvalue weighted by Crippen LogP contribution is 2.39. The number of nitrogens with zero attached hydrogens (tertiary/aromatic N) is 1. The number of aryl methyl sites for hydroxylation is 1. The van der Waals surface area contributed by atoms with Crippen LogP contribution in [0.3, 0.4) is 0 Å². The molecule has 1 saturated heterocycles. The van der Waals surface area contributed by atoms with Crippen LogP contribution in [-0.2, 0) is 16.3 Å². The second-order valence-electron chi connectivity index (χ2n) is 6.61. The van der Waals surface area contributed by atoms with E-state index in [0.717, 1.165) is 24.4 Å². The Kier molecular flexibility index (Phi) is 4.39. The fourth-order valence-corrected chi connectivity index (χ4v) is 6.45. The summed E-state index contributed by atoms with van der Waals surface area (Å²) in [6, 6.07) is 0.494. The van der Waals surface area contributed by atoms with Crippen molar-refractivity contribution in [3.63, 3.8) is 0 Å². The lowest BCUT2D eigenvalue weighted by atomic mass is 9.91. The number of rotatable bonds is 4. The first-order valence-electron chi connectivity index (χ1n) is 7.88. The molecule has 2 heterocycles. The van der Waals surface area contributed by atoms with Gasteiger partial charge in [0.1, 0.15) is 0 Å². The zero-order valence-electron chi connectivity index (χ0n) is 12.8. The maximum Gasteiger partial charge on any atom is 0.151 e. The standard InChI is InChI=1S/C15H24N2O2S2/c1-10(2)16-8-11-4-3-5-13-14(11)17-15(20-13)12-6-7-21(18,19)9-12/h10-12,16H,3-9H2,1-2H3. The molecule has 1 aromatic heterocycles. The van der Waals surface area contributed by atoms with Gasteiger partial charge < -0.3 is 5.32 Å². The van der Waals surface area contributed by atoms with Gasteiger partial charge in [-0.2, -0.15) is 0 Å². The lowest BCUT2D eigenvalue weighted by Gasteiger charge is -2.22. The van der Waals surface area contributed by atoms with E-state index >= 15 is 0 Å². The number of sulfone groups is 1. The summed E-state index contributed by atoms with van der Waals surface area (Å²) in [5, 5.41) is 4.58. The molecular weight excluding hydrogens is 304 g/mol. The maximum atomic E-state index is 11.7. The lowest BCUT2D eigenvalue weighted by Crippen LogP contribution is -2.29. The molecule has 0 spiro atoms. The van der Waals surface area contributed by atoms with Gasteiger partial charge in [-0.1, -0.05) is 13.8 Å². The Bertz CT molecular complexity index is 607. The summed E-state index contributed by atoms with van der Waals surface area (Å²) in [4.78, 5) is 6.27. The fraction of sp³-hybridized carbons (Fsp3) is 0.800. The summed E-state index contributed by atoms with van der Waals surface area (Å²) in [7, 11) is -2.83. The molecular formula is C15H24N2O2S2. The van der Waals surface area contributed by atoms with Gasteiger partial charge in [0.05, 0.1) is 22.2 Å². The Morgan fingerprint density at radius 3 is 2.86 bits per heavy atom. The van der Waals surface area contributed by atoms with Crippen molar-refractivity contribution in [3.05, 3.63) is 15.6 Å². The number of fused-ring (bicyclic) bond motifs is 1. The van der Waals surface area contributed by atoms with Gasteiger partial charge in [0.15, 0.2) is 9.84 Å². The third-order valence-corrected chi connectivity index (χ3v) is 7.50. The third kappa shape index (κ3) is 3.48. The van der Waals surface area contributed by atoms with Crippen LogP contribution in [0.25, 0.3) is 0 Å². The normalized spacial score (nSPS) is 28.0. The van der Waals surface area contributed by atoms with Crippen molar-refractivity contribution in [1.29, 1.82) is 0 Å². The van der Waals surface area contributed by atoms with E-state index in [4.69, 9.17) is 4.98 Å². The van der Waals surface area contributed by atoms with Gasteiger partial charge in [-0.15, -0.1) is 11.3 Å². The average molecular weight is 329 g/mol. The van der Waals surface area contributed by atoms with Crippen LogP contribution in [0.1, 0.15) is 60.5 Å². The molecule has 2 aliphatic rings. The predicted molar refractivity (Wildman–Crippen MR) is 86.9 cm³/mol. The topological polar surface area (TPSA) is 59.1 Å². The summed E-state index contributed by atoms with van der Waals surface area (Å²) in [5.41, 5.74) is 1.25. The van der Waals surface area contributed by atoms with Crippen LogP contribution >= 0.6 is 11.3 Å². The van der Waals surface area contributed by atoms with E-state index in [1.54, 1.807) is 11.3 Å². The smallest absolute Gasteiger partial charge is 0.151 e. The molecule has 4 nitrogen and oxygen atoms in total. The number of hydrogen-bond acceptors (Lipinski definition) is 5. The first-order chi connectivity index (χ1) is 9.94. The van der Waals surface area contributed by atoms with Crippen LogP contribution in [-0.4, -0.2) is 37.5 Å². The zero-order chi connectivity index (χ0) is 15.0. The zero-order valence-corrected chi connectivity index (χ0v) is 14.4. The molecule has 3 rings (SSSR count). The van der Waals surface area contributed by atoms with Gasteiger partial charge in [-0.25, -0.2) is 13.4 Å². The maximum absolute atomic E-state index is 11.7. The number of hydrogen-bond donors (Lipinski definition) is 1. The molecule has 1 aliphatic carbocycles. The van der Waals surface area contributed by atoms with Crippen molar-refractivity contribution in [1.82, 2.24) is 10.3 Å². The highest BCUT2D eigenvalue weighted by molar-refractivity contribution is 7.91. The van der Waals surface area contributed by atoms with E-state index in [2.05, 4.69) is 19.2 Å². The molecule has 6 heteroatoms. The Hall–Kier alpha value is -0.460. The van der Waals surface area contributed by atoms with Crippen LogP contribution in [0, 0.1) is 0 Å². The second kappa shape index (κ2) is 5.97. The van der Waals surface area contributed by atoms with Crippen molar-refractivity contribution in [2.75, 3.05) is 18.1 Å². The molecule has 2 unspecified atom stereocenters. The van der Waals surface area contributed by atoms with E-state index in [9.17, 15) is 8.42 Å². The van der Waals surface area contributed by atoms with Crippen LogP contribution in [0.2, 0.25) is 0 Å². The number of aromatic nitrogens is 1. The van der Waals surface area contributed by atoms with Gasteiger partial charge in [-0.3, -0.25) is 0 Å². The summed E-state index contributed by atoms with van der Waals surface area (Å²) in [6.07, 6.45) is 4.29. The predicted octanol–water partition coefficient (Wildman–Crippen LogP) is 2.46. The minimum Gasteiger partial charge on any atom is -0.314 e. The Morgan fingerprint density at radius 1 is 1.38 bits per heavy atom. The first kappa shape index (κ1) is 15.4. The van der Waals surface area contributed by atoms with Crippen molar-refractivity contribution in [3.8, 4) is 0 Å². The quantitative estimate of drug-likeness (QED) is 0.922. The Labute approximate surface area is 131 Å². The second-order valence-corrected chi connectivity index (χ2v) is 9.96. The monoisotopic (exact) mass is 328 g/mol. The highest BCUT2D eigenvalue weighted by atomic mass is 32.2.